The Morgan fingerprint density at radius 3 is 2.50 bits per heavy atom. The van der Waals surface area contributed by atoms with Gasteiger partial charge in [-0.25, -0.2) is 8.78 Å². The molecule has 108 valence electrons. The highest BCUT2D eigenvalue weighted by molar-refractivity contribution is 4.80. The Bertz CT molecular complexity index is 212. The van der Waals surface area contributed by atoms with Crippen molar-refractivity contribution in [2.24, 2.45) is 5.92 Å². The summed E-state index contributed by atoms with van der Waals surface area (Å²) in [6, 6.07) is 0. The number of hydrogen-bond acceptors (Lipinski definition) is 2. The van der Waals surface area contributed by atoms with Crippen molar-refractivity contribution in [3.8, 4) is 0 Å². The fourth-order valence-corrected chi connectivity index (χ4v) is 2.33. The molecule has 0 saturated carbocycles. The molecule has 1 aliphatic rings. The first-order valence-electron chi connectivity index (χ1n) is 7.24. The highest BCUT2D eigenvalue weighted by atomic mass is 19.3. The molecule has 0 aromatic carbocycles. The third-order valence-electron chi connectivity index (χ3n) is 3.49. The summed E-state index contributed by atoms with van der Waals surface area (Å²) in [5.74, 6) is -0.645. The van der Waals surface area contributed by atoms with Crippen LogP contribution in [0.1, 0.15) is 58.8 Å². The zero-order valence-corrected chi connectivity index (χ0v) is 11.5. The second-order valence-corrected chi connectivity index (χ2v) is 5.06. The standard InChI is InChI=1S/C14H26F2O2/c1-3-5-7-8-12-11(14(15)16)10-13(18-12)17-9-6-4-2/h11-14H,3-10H2,1-2H3. The highest BCUT2D eigenvalue weighted by Gasteiger charge is 2.40. The van der Waals surface area contributed by atoms with Crippen LogP contribution in [0, 0.1) is 5.92 Å². The molecule has 0 spiro atoms. The molecule has 0 amide bonds. The molecule has 1 rings (SSSR count). The third-order valence-corrected chi connectivity index (χ3v) is 3.49. The average Bonchev–Trinajstić information content (AvgIpc) is 2.73. The van der Waals surface area contributed by atoms with Gasteiger partial charge in [0.25, 0.3) is 0 Å². The van der Waals surface area contributed by atoms with Crippen molar-refractivity contribution in [3.63, 3.8) is 0 Å². The quantitative estimate of drug-likeness (QED) is 0.575. The molecule has 1 aliphatic heterocycles. The molecule has 2 nitrogen and oxygen atoms in total. The second-order valence-electron chi connectivity index (χ2n) is 5.06. The molecule has 0 radical (unpaired) electrons. The van der Waals surface area contributed by atoms with E-state index in [0.717, 1.165) is 38.5 Å². The van der Waals surface area contributed by atoms with Crippen molar-refractivity contribution in [2.45, 2.75) is 77.6 Å². The van der Waals surface area contributed by atoms with E-state index in [1.54, 1.807) is 0 Å². The summed E-state index contributed by atoms with van der Waals surface area (Å²) < 4.78 is 37.0. The van der Waals surface area contributed by atoms with Gasteiger partial charge in [0.15, 0.2) is 6.29 Å². The topological polar surface area (TPSA) is 18.5 Å². The van der Waals surface area contributed by atoms with E-state index in [1.165, 1.54) is 0 Å². The predicted molar refractivity (Wildman–Crippen MR) is 67.8 cm³/mol. The second kappa shape index (κ2) is 8.81. The van der Waals surface area contributed by atoms with Crippen LogP contribution in [-0.4, -0.2) is 25.4 Å². The normalized spacial score (nSPS) is 28.2. The van der Waals surface area contributed by atoms with Crippen molar-refractivity contribution in [1.29, 1.82) is 0 Å². The van der Waals surface area contributed by atoms with Crippen LogP contribution in [-0.2, 0) is 9.47 Å². The van der Waals surface area contributed by atoms with Crippen LogP contribution in [0.2, 0.25) is 0 Å². The lowest BCUT2D eigenvalue weighted by atomic mass is 9.97. The Morgan fingerprint density at radius 1 is 1.17 bits per heavy atom. The van der Waals surface area contributed by atoms with Crippen LogP contribution in [0.3, 0.4) is 0 Å². The van der Waals surface area contributed by atoms with E-state index in [0.29, 0.717) is 13.0 Å². The zero-order valence-electron chi connectivity index (χ0n) is 11.5. The van der Waals surface area contributed by atoms with Crippen molar-refractivity contribution in [1.82, 2.24) is 0 Å². The minimum absolute atomic E-state index is 0.317. The van der Waals surface area contributed by atoms with Gasteiger partial charge in [-0.15, -0.1) is 0 Å². The number of unbranched alkanes of at least 4 members (excludes halogenated alkanes) is 3. The molecule has 18 heavy (non-hydrogen) atoms. The Hall–Kier alpha value is -0.220. The van der Waals surface area contributed by atoms with E-state index in [1.807, 2.05) is 0 Å². The molecule has 0 aromatic heterocycles. The van der Waals surface area contributed by atoms with Gasteiger partial charge in [0.05, 0.1) is 12.0 Å². The number of ether oxygens (including phenoxy) is 2. The Morgan fingerprint density at radius 2 is 1.89 bits per heavy atom. The maximum atomic E-state index is 12.9. The average molecular weight is 264 g/mol. The Labute approximate surface area is 109 Å². The predicted octanol–water partition coefficient (Wildman–Crippen LogP) is 4.38. The number of hydrogen-bond donors (Lipinski definition) is 0. The molecule has 1 fully saturated rings. The summed E-state index contributed by atoms with van der Waals surface area (Å²) >= 11 is 0. The van der Waals surface area contributed by atoms with E-state index in [2.05, 4.69) is 13.8 Å². The molecule has 3 atom stereocenters. The molecule has 1 heterocycles. The van der Waals surface area contributed by atoms with Gasteiger partial charge in [-0.3, -0.25) is 0 Å². The lowest BCUT2D eigenvalue weighted by Crippen LogP contribution is -2.22. The molecule has 4 heteroatoms. The van der Waals surface area contributed by atoms with E-state index in [-0.39, 0.29) is 6.10 Å². The summed E-state index contributed by atoms with van der Waals surface area (Å²) in [5, 5.41) is 0. The summed E-state index contributed by atoms with van der Waals surface area (Å²) in [6.45, 7) is 4.80. The Kier molecular flexibility index (Phi) is 7.75. The van der Waals surface area contributed by atoms with Crippen LogP contribution in [0.25, 0.3) is 0 Å². The minimum Gasteiger partial charge on any atom is -0.353 e. The van der Waals surface area contributed by atoms with Crippen LogP contribution in [0.5, 0.6) is 0 Å². The first-order valence-corrected chi connectivity index (χ1v) is 7.24. The molecule has 0 aliphatic carbocycles. The van der Waals surface area contributed by atoms with Crippen LogP contribution >= 0.6 is 0 Å². The van der Waals surface area contributed by atoms with E-state index >= 15 is 0 Å². The molecule has 0 bridgehead atoms. The summed E-state index contributed by atoms with van der Waals surface area (Å²) in [7, 11) is 0. The van der Waals surface area contributed by atoms with E-state index < -0.39 is 18.6 Å². The monoisotopic (exact) mass is 264 g/mol. The van der Waals surface area contributed by atoms with Crippen LogP contribution < -0.4 is 0 Å². The van der Waals surface area contributed by atoms with Gasteiger partial charge in [0.2, 0.25) is 6.43 Å². The Balaban J connectivity index is 2.34. The van der Waals surface area contributed by atoms with Gasteiger partial charge in [0.1, 0.15) is 0 Å². The summed E-state index contributed by atoms with van der Waals surface area (Å²) in [5.41, 5.74) is 0. The van der Waals surface area contributed by atoms with Gasteiger partial charge in [-0.2, -0.15) is 0 Å². The van der Waals surface area contributed by atoms with Crippen molar-refractivity contribution < 1.29 is 18.3 Å². The van der Waals surface area contributed by atoms with Crippen molar-refractivity contribution >= 4 is 0 Å². The van der Waals surface area contributed by atoms with Gasteiger partial charge in [-0.05, 0) is 12.8 Å². The van der Waals surface area contributed by atoms with Crippen molar-refractivity contribution in [3.05, 3.63) is 0 Å². The highest BCUT2D eigenvalue weighted by Crippen LogP contribution is 2.34. The fourth-order valence-electron chi connectivity index (χ4n) is 2.33. The minimum atomic E-state index is -2.29. The smallest absolute Gasteiger partial charge is 0.244 e. The van der Waals surface area contributed by atoms with Crippen molar-refractivity contribution in [2.75, 3.05) is 6.61 Å². The molecular weight excluding hydrogens is 238 g/mol. The van der Waals surface area contributed by atoms with E-state index in [4.69, 9.17) is 9.47 Å². The van der Waals surface area contributed by atoms with Crippen LogP contribution in [0.4, 0.5) is 8.78 Å². The summed E-state index contributed by atoms with van der Waals surface area (Å²) in [6.07, 6.45) is 3.20. The van der Waals surface area contributed by atoms with E-state index in [9.17, 15) is 8.78 Å². The molecular formula is C14H26F2O2. The molecule has 0 N–H and O–H groups in total. The largest absolute Gasteiger partial charge is 0.353 e. The lowest BCUT2D eigenvalue weighted by molar-refractivity contribution is -0.137. The molecule has 1 saturated heterocycles. The molecule has 0 aromatic rings. The maximum Gasteiger partial charge on any atom is 0.244 e. The fraction of sp³-hybridized carbons (Fsp3) is 1.00. The number of halogens is 2. The first-order chi connectivity index (χ1) is 8.69. The lowest BCUT2D eigenvalue weighted by Gasteiger charge is -2.17. The van der Waals surface area contributed by atoms with Crippen LogP contribution in [0.15, 0.2) is 0 Å². The SMILES string of the molecule is CCCCCC1OC(OCCCC)CC1C(F)F. The maximum absolute atomic E-state index is 12.9. The first kappa shape index (κ1) is 15.8. The van der Waals surface area contributed by atoms with Gasteiger partial charge >= 0.3 is 0 Å². The number of alkyl halides is 2. The van der Waals surface area contributed by atoms with Gasteiger partial charge in [0, 0.05) is 13.0 Å². The van der Waals surface area contributed by atoms with Gasteiger partial charge < -0.3 is 9.47 Å². The molecule has 3 unspecified atom stereocenters. The zero-order chi connectivity index (χ0) is 13.4. The number of rotatable bonds is 9. The summed E-state index contributed by atoms with van der Waals surface area (Å²) in [4.78, 5) is 0. The van der Waals surface area contributed by atoms with Gasteiger partial charge in [-0.1, -0.05) is 39.5 Å². The third kappa shape index (κ3) is 5.19.